The molecule has 68 heavy (non-hydrogen) atoms. The normalized spacial score (nSPS) is 11.3. The highest BCUT2D eigenvalue weighted by Crippen LogP contribution is 2.43. The Morgan fingerprint density at radius 2 is 0.588 bits per heavy atom. The first-order valence-electron chi connectivity index (χ1n) is 25.3. The van der Waals surface area contributed by atoms with Gasteiger partial charge in [-0.25, -0.2) is 0 Å². The van der Waals surface area contributed by atoms with Crippen molar-refractivity contribution in [2.45, 2.75) is 82.1 Å². The van der Waals surface area contributed by atoms with E-state index in [0.717, 1.165) is 24.2 Å². The molecule has 0 saturated heterocycles. The molecule has 0 aliphatic heterocycles. The lowest BCUT2D eigenvalue weighted by molar-refractivity contribution is 1.13. The Kier molecular flexibility index (Phi) is 14.6. The summed E-state index contributed by atoms with van der Waals surface area (Å²) in [6.07, 6.45) is 2.02. The van der Waals surface area contributed by atoms with Crippen LogP contribution in [0.25, 0.3) is 99.5 Å². The molecule has 2 heterocycles. The molecule has 2 aromatic heterocycles. The number of para-hydroxylation sites is 2. The van der Waals surface area contributed by atoms with E-state index in [4.69, 9.17) is 0 Å². The van der Waals surface area contributed by atoms with E-state index in [1.165, 1.54) is 110 Å². The van der Waals surface area contributed by atoms with Crippen LogP contribution in [0.4, 0.5) is 0 Å². The summed E-state index contributed by atoms with van der Waals surface area (Å²) in [5.41, 5.74) is 23.2. The molecular formula is C66H66N2. The second-order valence-corrected chi connectivity index (χ2v) is 16.1. The fraction of sp³-hybridized carbons (Fsp3) is 0.182. The summed E-state index contributed by atoms with van der Waals surface area (Å²) in [5, 5.41) is 5.05. The van der Waals surface area contributed by atoms with E-state index >= 15 is 0 Å². The van der Waals surface area contributed by atoms with Gasteiger partial charge in [-0.3, -0.25) is 0 Å². The van der Waals surface area contributed by atoms with E-state index in [1.807, 2.05) is 69.2 Å². The number of rotatable bonds is 4. The van der Waals surface area contributed by atoms with Crippen LogP contribution in [-0.4, -0.2) is 9.13 Å². The van der Waals surface area contributed by atoms with Gasteiger partial charge in [0.2, 0.25) is 0 Å². The smallest absolute Gasteiger partial charge is 0.0541 e. The summed E-state index contributed by atoms with van der Waals surface area (Å²) in [7, 11) is 0. The van der Waals surface area contributed by atoms with Crippen LogP contribution in [0.3, 0.4) is 0 Å². The molecule has 9 aromatic carbocycles. The molecule has 2 aliphatic carbocycles. The minimum atomic E-state index is 1.01. The topological polar surface area (TPSA) is 9.86 Å². The molecule has 13 rings (SSSR count). The zero-order valence-corrected chi connectivity index (χ0v) is 41.8. The van der Waals surface area contributed by atoms with Gasteiger partial charge in [0, 0.05) is 32.9 Å². The van der Waals surface area contributed by atoms with E-state index in [0.29, 0.717) is 0 Å². The number of aromatic nitrogens is 2. The first kappa shape index (κ1) is 47.1. The molecule has 2 heteroatoms. The Morgan fingerprint density at radius 3 is 1.03 bits per heavy atom. The molecule has 0 amide bonds. The predicted molar refractivity (Wildman–Crippen MR) is 299 cm³/mol. The van der Waals surface area contributed by atoms with Crippen molar-refractivity contribution in [2.75, 3.05) is 0 Å². The maximum Gasteiger partial charge on any atom is 0.0541 e. The molecule has 0 fully saturated rings. The summed E-state index contributed by atoms with van der Waals surface area (Å²) < 4.78 is 4.88. The third kappa shape index (κ3) is 8.13. The van der Waals surface area contributed by atoms with E-state index in [9.17, 15) is 0 Å². The second-order valence-electron chi connectivity index (χ2n) is 16.1. The SMILES string of the molecule is CC.CC.CC.CC.CC.c1cc(-n2c3ccccc3c3cc(-c4ccc5c(c4)-c4ccccc4C5)ccc32)cc(-n2c3ccccc3c3cc(-c4ccc5c(c4)-c4ccccc4C5)ccc32)c1. The predicted octanol–water partition coefficient (Wildman–Crippen LogP) is 19.5. The minimum absolute atomic E-state index is 1.01. The largest absolute Gasteiger partial charge is 0.309 e. The van der Waals surface area contributed by atoms with Crippen LogP contribution in [-0.2, 0) is 12.8 Å². The summed E-state index contributed by atoms with van der Waals surface area (Å²) in [6.45, 7) is 20.0. The standard InChI is InChI=1S/C56H36N2.5C2H6/c1-3-14-45-39(10-1)28-41-22-20-35(30-49(41)45)37-24-26-55-51(32-37)47-16-5-7-18-53(47)57(55)43-12-9-13-44(34-43)58-54-19-8-6-17-48(54)52-33-38(25-27-56(52)58)36-21-23-42-29-40-11-2-4-15-46(40)50(42)31-36;5*1-2/h1-27,30-34H,28-29H2;5*1-2H3. The maximum atomic E-state index is 2.44. The van der Waals surface area contributed by atoms with Gasteiger partial charge in [-0.2, -0.15) is 0 Å². The Morgan fingerprint density at radius 1 is 0.250 bits per heavy atom. The second kappa shape index (κ2) is 21.0. The molecule has 11 aromatic rings. The van der Waals surface area contributed by atoms with Gasteiger partial charge in [-0.1, -0.05) is 197 Å². The van der Waals surface area contributed by atoms with Crippen molar-refractivity contribution in [1.29, 1.82) is 0 Å². The highest BCUT2D eigenvalue weighted by Gasteiger charge is 2.22. The van der Waals surface area contributed by atoms with Crippen molar-refractivity contribution in [2.24, 2.45) is 0 Å². The molecular weight excluding hydrogens is 821 g/mol. The number of fused-ring (bicyclic) bond motifs is 12. The van der Waals surface area contributed by atoms with Crippen LogP contribution in [0.5, 0.6) is 0 Å². The van der Waals surface area contributed by atoms with Gasteiger partial charge in [-0.05, 0) is 146 Å². The van der Waals surface area contributed by atoms with Crippen LogP contribution >= 0.6 is 0 Å². The first-order valence-corrected chi connectivity index (χ1v) is 25.3. The van der Waals surface area contributed by atoms with Gasteiger partial charge >= 0.3 is 0 Å². The average Bonchev–Trinajstić information content (AvgIpc) is 4.18. The molecule has 0 radical (unpaired) electrons. The Hall–Kier alpha value is -7.42. The van der Waals surface area contributed by atoms with Crippen molar-refractivity contribution in [3.05, 3.63) is 216 Å². The Labute approximate surface area is 405 Å². The van der Waals surface area contributed by atoms with Crippen molar-refractivity contribution < 1.29 is 0 Å². The van der Waals surface area contributed by atoms with Crippen molar-refractivity contribution in [1.82, 2.24) is 9.13 Å². The number of hydrogen-bond donors (Lipinski definition) is 0. The van der Waals surface area contributed by atoms with Gasteiger partial charge in [0.1, 0.15) is 0 Å². The fourth-order valence-electron chi connectivity index (χ4n) is 10.2. The van der Waals surface area contributed by atoms with E-state index in [2.05, 4.69) is 203 Å². The van der Waals surface area contributed by atoms with E-state index in [-0.39, 0.29) is 0 Å². The summed E-state index contributed by atoms with van der Waals surface area (Å²) in [6, 6.07) is 72.5. The molecule has 2 nitrogen and oxygen atoms in total. The quantitative estimate of drug-likeness (QED) is 0.167. The van der Waals surface area contributed by atoms with Crippen LogP contribution < -0.4 is 0 Å². The lowest BCUT2D eigenvalue weighted by atomic mass is 9.97. The minimum Gasteiger partial charge on any atom is -0.309 e. The molecule has 0 N–H and O–H groups in total. The van der Waals surface area contributed by atoms with Crippen LogP contribution in [0.1, 0.15) is 91.5 Å². The lowest BCUT2D eigenvalue weighted by Gasteiger charge is -2.13. The third-order valence-corrected chi connectivity index (χ3v) is 13.0. The van der Waals surface area contributed by atoms with Crippen molar-refractivity contribution in [3.8, 4) is 55.9 Å². The van der Waals surface area contributed by atoms with Gasteiger partial charge in [-0.15, -0.1) is 0 Å². The molecule has 0 bridgehead atoms. The maximum absolute atomic E-state index is 2.44. The number of hydrogen-bond acceptors (Lipinski definition) is 0. The average molecular weight is 887 g/mol. The molecule has 2 aliphatic rings. The van der Waals surface area contributed by atoms with Crippen molar-refractivity contribution >= 4 is 43.6 Å². The van der Waals surface area contributed by atoms with Gasteiger partial charge in [0.25, 0.3) is 0 Å². The van der Waals surface area contributed by atoms with Crippen LogP contribution in [0.15, 0.2) is 194 Å². The molecule has 0 atom stereocenters. The zero-order chi connectivity index (χ0) is 47.9. The Balaban J connectivity index is 0.000000590. The highest BCUT2D eigenvalue weighted by atomic mass is 15.0. The van der Waals surface area contributed by atoms with Crippen LogP contribution in [0.2, 0.25) is 0 Å². The summed E-state index contributed by atoms with van der Waals surface area (Å²) >= 11 is 0. The molecule has 0 saturated carbocycles. The third-order valence-electron chi connectivity index (χ3n) is 13.0. The van der Waals surface area contributed by atoms with Gasteiger partial charge < -0.3 is 9.13 Å². The lowest BCUT2D eigenvalue weighted by Crippen LogP contribution is -1.98. The molecule has 0 unspecified atom stereocenters. The summed E-state index contributed by atoms with van der Waals surface area (Å²) in [5.74, 6) is 0. The van der Waals surface area contributed by atoms with Crippen LogP contribution in [0, 0.1) is 0 Å². The number of benzene rings is 9. The van der Waals surface area contributed by atoms with E-state index < -0.39 is 0 Å². The molecule has 0 spiro atoms. The van der Waals surface area contributed by atoms with E-state index in [1.54, 1.807) is 0 Å². The first-order chi connectivity index (χ1) is 33.7. The highest BCUT2D eigenvalue weighted by molar-refractivity contribution is 6.12. The monoisotopic (exact) mass is 887 g/mol. The fourth-order valence-corrected chi connectivity index (χ4v) is 10.2. The zero-order valence-electron chi connectivity index (χ0n) is 41.8. The van der Waals surface area contributed by atoms with Gasteiger partial charge in [0.05, 0.1) is 22.1 Å². The molecule has 340 valence electrons. The van der Waals surface area contributed by atoms with Gasteiger partial charge in [0.15, 0.2) is 0 Å². The van der Waals surface area contributed by atoms with Crippen molar-refractivity contribution in [3.63, 3.8) is 0 Å². The number of nitrogens with zero attached hydrogens (tertiary/aromatic N) is 2. The Bertz CT molecular complexity index is 3290. The summed E-state index contributed by atoms with van der Waals surface area (Å²) in [4.78, 5) is 0.